The van der Waals surface area contributed by atoms with E-state index in [2.05, 4.69) is 0 Å². The second-order valence-corrected chi connectivity index (χ2v) is 7.49. The fraction of sp³-hybridized carbons (Fsp3) is 0.130. The number of benzene rings is 2. The molecule has 3 aromatic rings. The minimum Gasteiger partial charge on any atom is -0.507 e. The molecule has 2 heterocycles. The van der Waals surface area contributed by atoms with E-state index in [1.54, 1.807) is 43.3 Å². The molecule has 1 amide bonds. The molecule has 0 radical (unpaired) electrons. The van der Waals surface area contributed by atoms with Crippen LogP contribution in [0, 0.1) is 19.7 Å². The van der Waals surface area contributed by atoms with Crippen molar-refractivity contribution < 1.29 is 23.5 Å². The Balaban J connectivity index is 1.94. The topological polar surface area (TPSA) is 70.8 Å². The van der Waals surface area contributed by atoms with Crippen molar-refractivity contribution in [3.8, 4) is 0 Å². The number of Topliss-reactive ketones (excluding diaryl/α,β-unsaturated/α-hetero) is 1. The number of hydrogen-bond acceptors (Lipinski definition) is 4. The number of carbonyl (C=O) groups excluding carboxylic acids is 2. The lowest BCUT2D eigenvalue weighted by atomic mass is 9.98. The first-order valence-corrected chi connectivity index (χ1v) is 9.55. The molecule has 30 heavy (non-hydrogen) atoms. The molecule has 0 spiro atoms. The van der Waals surface area contributed by atoms with Gasteiger partial charge in [-0.1, -0.05) is 41.4 Å². The van der Waals surface area contributed by atoms with Gasteiger partial charge >= 0.3 is 0 Å². The molecule has 2 aromatic carbocycles. The summed E-state index contributed by atoms with van der Waals surface area (Å²) in [5.74, 6) is -1.84. The first kappa shape index (κ1) is 19.9. The first-order valence-electron chi connectivity index (χ1n) is 9.17. The van der Waals surface area contributed by atoms with E-state index in [1.165, 1.54) is 12.1 Å². The van der Waals surface area contributed by atoms with Crippen molar-refractivity contribution in [1.29, 1.82) is 0 Å². The summed E-state index contributed by atoms with van der Waals surface area (Å²) in [7, 11) is 0. The quantitative estimate of drug-likeness (QED) is 0.350. The van der Waals surface area contributed by atoms with E-state index < -0.39 is 23.5 Å². The molecule has 152 valence electrons. The highest BCUT2D eigenvalue weighted by Crippen LogP contribution is 2.43. The molecule has 1 fully saturated rings. The lowest BCUT2D eigenvalue weighted by Gasteiger charge is -2.23. The van der Waals surface area contributed by atoms with Crippen LogP contribution in [0.5, 0.6) is 0 Å². The molecule has 1 atom stereocenters. The second kappa shape index (κ2) is 7.46. The standard InChI is InChI=1S/C23H17ClFNO4/c1-12-3-6-14(7-4-12)21(27)19-20(18-10-5-13(2)30-18)26(23(29)22(19)28)15-8-9-17(25)16(24)11-15/h3-11,20,27H,1-2H3/b21-19-. The van der Waals surface area contributed by atoms with Crippen molar-refractivity contribution in [3.63, 3.8) is 0 Å². The summed E-state index contributed by atoms with van der Waals surface area (Å²) >= 11 is 5.90. The van der Waals surface area contributed by atoms with E-state index in [0.29, 0.717) is 17.1 Å². The minimum absolute atomic E-state index is 0.112. The Labute approximate surface area is 177 Å². The van der Waals surface area contributed by atoms with Crippen LogP contribution < -0.4 is 4.90 Å². The zero-order valence-corrected chi connectivity index (χ0v) is 16.9. The summed E-state index contributed by atoms with van der Waals surface area (Å²) in [5.41, 5.74) is 1.47. The van der Waals surface area contributed by atoms with E-state index in [0.717, 1.165) is 16.5 Å². The Bertz CT molecular complexity index is 1200. The number of nitrogens with zero attached hydrogens (tertiary/aromatic N) is 1. The van der Waals surface area contributed by atoms with Crippen molar-refractivity contribution in [2.24, 2.45) is 0 Å². The Morgan fingerprint density at radius 2 is 1.77 bits per heavy atom. The van der Waals surface area contributed by atoms with Crippen LogP contribution in [0.4, 0.5) is 10.1 Å². The number of amides is 1. The zero-order chi connectivity index (χ0) is 21.6. The third-order valence-corrected chi connectivity index (χ3v) is 5.27. The summed E-state index contributed by atoms with van der Waals surface area (Å²) in [4.78, 5) is 27.1. The number of halogens is 2. The van der Waals surface area contributed by atoms with E-state index in [-0.39, 0.29) is 22.0 Å². The smallest absolute Gasteiger partial charge is 0.300 e. The summed E-state index contributed by atoms with van der Waals surface area (Å²) in [6, 6.07) is 12.9. The van der Waals surface area contributed by atoms with Gasteiger partial charge in [0, 0.05) is 11.3 Å². The third kappa shape index (κ3) is 3.29. The Hall–Kier alpha value is -3.38. The number of ketones is 1. The molecule has 1 aliphatic heterocycles. The highest BCUT2D eigenvalue weighted by Gasteiger charge is 2.48. The number of carbonyl (C=O) groups is 2. The highest BCUT2D eigenvalue weighted by atomic mass is 35.5. The SMILES string of the molecule is Cc1ccc(/C(O)=C2/C(=O)C(=O)N(c3ccc(F)c(Cl)c3)C2c2ccc(C)o2)cc1. The van der Waals surface area contributed by atoms with Crippen LogP contribution in [0.1, 0.15) is 28.7 Å². The maximum absolute atomic E-state index is 13.7. The lowest BCUT2D eigenvalue weighted by molar-refractivity contribution is -0.132. The monoisotopic (exact) mass is 425 g/mol. The van der Waals surface area contributed by atoms with E-state index in [4.69, 9.17) is 16.0 Å². The van der Waals surface area contributed by atoms with Crippen LogP contribution in [0.2, 0.25) is 5.02 Å². The average molecular weight is 426 g/mol. The van der Waals surface area contributed by atoms with Gasteiger partial charge in [-0.2, -0.15) is 0 Å². The van der Waals surface area contributed by atoms with E-state index in [9.17, 15) is 19.1 Å². The largest absolute Gasteiger partial charge is 0.507 e. The van der Waals surface area contributed by atoms with Gasteiger partial charge in [0.15, 0.2) is 0 Å². The fourth-order valence-electron chi connectivity index (χ4n) is 3.47. The number of rotatable bonds is 3. The van der Waals surface area contributed by atoms with Gasteiger partial charge in [-0.15, -0.1) is 0 Å². The molecular formula is C23H17ClFNO4. The van der Waals surface area contributed by atoms with E-state index in [1.807, 2.05) is 6.92 Å². The second-order valence-electron chi connectivity index (χ2n) is 7.08. The fourth-order valence-corrected chi connectivity index (χ4v) is 3.64. The van der Waals surface area contributed by atoms with Gasteiger partial charge in [0.05, 0.1) is 10.6 Å². The molecule has 1 N–H and O–H groups in total. The summed E-state index contributed by atoms with van der Waals surface area (Å²) in [6.45, 7) is 3.62. The number of anilines is 1. The van der Waals surface area contributed by atoms with Crippen LogP contribution in [0.15, 0.2) is 64.6 Å². The molecule has 5 nitrogen and oxygen atoms in total. The van der Waals surface area contributed by atoms with E-state index >= 15 is 0 Å². The van der Waals surface area contributed by atoms with Gasteiger partial charge in [-0.05, 0) is 44.2 Å². The van der Waals surface area contributed by atoms with Crippen LogP contribution >= 0.6 is 11.6 Å². The van der Waals surface area contributed by atoms with Gasteiger partial charge in [0.1, 0.15) is 29.1 Å². The molecule has 0 saturated carbocycles. The predicted molar refractivity (Wildman–Crippen MR) is 111 cm³/mol. The van der Waals surface area contributed by atoms with Crippen molar-refractivity contribution >= 4 is 34.7 Å². The maximum Gasteiger partial charge on any atom is 0.300 e. The average Bonchev–Trinajstić information content (AvgIpc) is 3.25. The number of hydrogen-bond donors (Lipinski definition) is 1. The van der Waals surface area contributed by atoms with Crippen LogP contribution in [0.3, 0.4) is 0 Å². The van der Waals surface area contributed by atoms with Crippen molar-refractivity contribution in [1.82, 2.24) is 0 Å². The maximum atomic E-state index is 13.7. The first-order chi connectivity index (χ1) is 14.3. The van der Waals surface area contributed by atoms with Crippen LogP contribution in [-0.4, -0.2) is 16.8 Å². The van der Waals surface area contributed by atoms with Crippen molar-refractivity contribution in [3.05, 3.63) is 93.7 Å². The summed E-state index contributed by atoms with van der Waals surface area (Å²) in [5, 5.41) is 10.8. The number of furan rings is 1. The van der Waals surface area contributed by atoms with Gasteiger partial charge in [-0.25, -0.2) is 4.39 Å². The van der Waals surface area contributed by atoms with Crippen molar-refractivity contribution in [2.45, 2.75) is 19.9 Å². The molecular weight excluding hydrogens is 409 g/mol. The Morgan fingerprint density at radius 3 is 2.37 bits per heavy atom. The highest BCUT2D eigenvalue weighted by molar-refractivity contribution is 6.51. The molecule has 1 unspecified atom stereocenters. The van der Waals surface area contributed by atoms with Gasteiger partial charge in [0.2, 0.25) is 0 Å². The van der Waals surface area contributed by atoms with Gasteiger partial charge in [-0.3, -0.25) is 14.5 Å². The molecule has 0 bridgehead atoms. The number of aryl methyl sites for hydroxylation is 2. The van der Waals surface area contributed by atoms with Gasteiger partial charge in [0.25, 0.3) is 11.7 Å². The molecule has 7 heteroatoms. The Kier molecular flexibility index (Phi) is 4.95. The molecule has 1 aromatic heterocycles. The minimum atomic E-state index is -1.03. The third-order valence-electron chi connectivity index (χ3n) is 4.98. The molecule has 1 saturated heterocycles. The predicted octanol–water partition coefficient (Wildman–Crippen LogP) is 5.32. The number of aliphatic hydroxyl groups is 1. The van der Waals surface area contributed by atoms with Crippen LogP contribution in [0.25, 0.3) is 5.76 Å². The summed E-state index contributed by atoms with van der Waals surface area (Å²) < 4.78 is 19.4. The summed E-state index contributed by atoms with van der Waals surface area (Å²) in [6.07, 6.45) is 0. The van der Waals surface area contributed by atoms with Gasteiger partial charge < -0.3 is 9.52 Å². The molecule has 0 aliphatic carbocycles. The van der Waals surface area contributed by atoms with Crippen LogP contribution in [-0.2, 0) is 9.59 Å². The zero-order valence-electron chi connectivity index (χ0n) is 16.1. The normalized spacial score (nSPS) is 18.3. The van der Waals surface area contributed by atoms with Crippen molar-refractivity contribution in [2.75, 3.05) is 4.90 Å². The molecule has 1 aliphatic rings. The molecule has 4 rings (SSSR count). The Morgan fingerprint density at radius 1 is 1.07 bits per heavy atom. The lowest BCUT2D eigenvalue weighted by Crippen LogP contribution is -2.29. The number of aliphatic hydroxyl groups excluding tert-OH is 1.